The molecule has 0 atom stereocenters. The molecule has 0 aliphatic rings. The van der Waals surface area contributed by atoms with Gasteiger partial charge in [0.1, 0.15) is 5.75 Å². The van der Waals surface area contributed by atoms with Crippen LogP contribution < -0.4 is 15.6 Å². The largest absolute Gasteiger partial charge is 0.424 e. The molecule has 30 heavy (non-hydrogen) atoms. The summed E-state index contributed by atoms with van der Waals surface area (Å²) in [6.45, 7) is 2.11. The van der Waals surface area contributed by atoms with E-state index in [-0.39, 0.29) is 30.4 Å². The first-order valence-electron chi connectivity index (χ1n) is 9.40. The molecule has 4 aromatic rings. The summed E-state index contributed by atoms with van der Waals surface area (Å²) in [4.78, 5) is 37.2. The Kier molecular flexibility index (Phi) is 5.47. The monoisotopic (exact) mass is 401 g/mol. The number of benzene rings is 2. The van der Waals surface area contributed by atoms with Gasteiger partial charge in [-0.25, -0.2) is 15.0 Å². The minimum Gasteiger partial charge on any atom is -0.424 e. The zero-order valence-corrected chi connectivity index (χ0v) is 16.3. The molecule has 0 radical (unpaired) electrons. The first kappa shape index (κ1) is 19.3. The highest BCUT2D eigenvalue weighted by atomic mass is 16.5. The number of nitrogens with zero attached hydrogens (tertiary/aromatic N) is 4. The van der Waals surface area contributed by atoms with E-state index in [0.717, 1.165) is 5.56 Å². The summed E-state index contributed by atoms with van der Waals surface area (Å²) in [5, 5.41) is 3.40. The molecule has 1 amide bonds. The number of hydrogen-bond donors (Lipinski definition) is 1. The van der Waals surface area contributed by atoms with Crippen LogP contribution in [0.4, 0.5) is 5.69 Å². The van der Waals surface area contributed by atoms with Gasteiger partial charge >= 0.3 is 6.01 Å². The molecular formula is C22H19N5O3. The number of nitrogens with one attached hydrogen (secondary N) is 1. The van der Waals surface area contributed by atoms with Gasteiger partial charge in [0.25, 0.3) is 5.56 Å². The summed E-state index contributed by atoms with van der Waals surface area (Å²) >= 11 is 0. The lowest BCUT2D eigenvalue weighted by Gasteiger charge is -2.11. The van der Waals surface area contributed by atoms with Crippen molar-refractivity contribution in [2.75, 3.05) is 5.32 Å². The normalized spacial score (nSPS) is 10.7. The molecule has 0 saturated heterocycles. The van der Waals surface area contributed by atoms with Gasteiger partial charge < -0.3 is 10.1 Å². The summed E-state index contributed by atoms with van der Waals surface area (Å²) in [5.74, 6) is 0.378. The molecule has 2 aromatic carbocycles. The molecule has 8 nitrogen and oxygen atoms in total. The van der Waals surface area contributed by atoms with Crippen molar-refractivity contribution in [3.05, 3.63) is 83.2 Å². The summed E-state index contributed by atoms with van der Waals surface area (Å²) in [7, 11) is 0. The highest BCUT2D eigenvalue weighted by molar-refractivity contribution is 5.91. The van der Waals surface area contributed by atoms with Gasteiger partial charge in [-0.15, -0.1) is 0 Å². The standard InChI is InChI=1S/C22H19N5O3/c1-15-13-16(30-22-23-10-4-11-24-22)7-8-18(15)26-20(28)9-12-27-14-25-19-6-3-2-5-17(19)21(27)29/h2-8,10-11,13-14H,9,12H2,1H3,(H,26,28). The highest BCUT2D eigenvalue weighted by Crippen LogP contribution is 2.24. The van der Waals surface area contributed by atoms with Crippen LogP contribution in [0.2, 0.25) is 0 Å². The predicted molar refractivity (Wildman–Crippen MR) is 113 cm³/mol. The molecule has 0 fully saturated rings. The van der Waals surface area contributed by atoms with Crippen molar-refractivity contribution >= 4 is 22.5 Å². The Hall–Kier alpha value is -4.07. The van der Waals surface area contributed by atoms with Crippen molar-refractivity contribution in [2.24, 2.45) is 0 Å². The third kappa shape index (κ3) is 4.33. The number of rotatable bonds is 6. The van der Waals surface area contributed by atoms with Gasteiger partial charge in [-0.1, -0.05) is 12.1 Å². The number of amides is 1. The molecule has 150 valence electrons. The molecule has 0 spiro atoms. The van der Waals surface area contributed by atoms with Gasteiger partial charge in [0.15, 0.2) is 0 Å². The van der Waals surface area contributed by atoms with Crippen molar-refractivity contribution in [1.29, 1.82) is 0 Å². The molecule has 2 heterocycles. The summed E-state index contributed by atoms with van der Waals surface area (Å²) < 4.78 is 7.04. The van der Waals surface area contributed by atoms with E-state index >= 15 is 0 Å². The van der Waals surface area contributed by atoms with Gasteiger partial charge in [-0.3, -0.25) is 14.2 Å². The smallest absolute Gasteiger partial charge is 0.321 e. The number of carbonyl (C=O) groups excluding carboxylic acids is 1. The topological polar surface area (TPSA) is 99.0 Å². The highest BCUT2D eigenvalue weighted by Gasteiger charge is 2.09. The maximum Gasteiger partial charge on any atom is 0.321 e. The van der Waals surface area contributed by atoms with Crippen LogP contribution in [0.3, 0.4) is 0 Å². The Labute approximate surface area is 172 Å². The lowest BCUT2D eigenvalue weighted by molar-refractivity contribution is -0.116. The summed E-state index contributed by atoms with van der Waals surface area (Å²) in [5.41, 5.74) is 1.99. The van der Waals surface area contributed by atoms with E-state index in [4.69, 9.17) is 4.74 Å². The van der Waals surface area contributed by atoms with Crippen molar-refractivity contribution in [2.45, 2.75) is 19.9 Å². The SMILES string of the molecule is Cc1cc(Oc2ncccn2)ccc1NC(=O)CCn1cnc2ccccc2c1=O. The van der Waals surface area contributed by atoms with E-state index in [1.165, 1.54) is 10.9 Å². The number of fused-ring (bicyclic) bond motifs is 1. The fourth-order valence-corrected chi connectivity index (χ4v) is 2.98. The van der Waals surface area contributed by atoms with Gasteiger partial charge in [0.2, 0.25) is 5.91 Å². The Bertz CT molecular complexity index is 1250. The minimum atomic E-state index is -0.196. The van der Waals surface area contributed by atoms with Crippen molar-refractivity contribution in [3.8, 4) is 11.8 Å². The van der Waals surface area contributed by atoms with Crippen LogP contribution in [0.5, 0.6) is 11.8 Å². The number of aromatic nitrogens is 4. The molecule has 4 rings (SSSR count). The lowest BCUT2D eigenvalue weighted by atomic mass is 10.2. The van der Waals surface area contributed by atoms with Crippen molar-refractivity contribution in [3.63, 3.8) is 0 Å². The number of anilines is 1. The maximum atomic E-state index is 12.5. The number of hydrogen-bond acceptors (Lipinski definition) is 6. The molecule has 0 unspecified atom stereocenters. The zero-order valence-electron chi connectivity index (χ0n) is 16.3. The third-order valence-electron chi connectivity index (χ3n) is 4.53. The van der Waals surface area contributed by atoms with Crippen LogP contribution in [0.1, 0.15) is 12.0 Å². The van der Waals surface area contributed by atoms with Gasteiger partial charge in [-0.2, -0.15) is 0 Å². The van der Waals surface area contributed by atoms with Crippen LogP contribution in [-0.2, 0) is 11.3 Å². The van der Waals surface area contributed by atoms with Crippen LogP contribution in [0.15, 0.2) is 72.0 Å². The van der Waals surface area contributed by atoms with Gasteiger partial charge in [0.05, 0.1) is 17.2 Å². The summed E-state index contributed by atoms with van der Waals surface area (Å²) in [6.07, 6.45) is 4.82. The van der Waals surface area contributed by atoms with Crippen LogP contribution in [-0.4, -0.2) is 25.4 Å². The Morgan fingerprint density at radius 1 is 1.07 bits per heavy atom. The Balaban J connectivity index is 1.39. The van der Waals surface area contributed by atoms with Gasteiger partial charge in [0, 0.05) is 31.0 Å². The average molecular weight is 401 g/mol. The molecule has 0 bridgehead atoms. The maximum absolute atomic E-state index is 12.5. The Morgan fingerprint density at radius 3 is 2.67 bits per heavy atom. The zero-order chi connectivity index (χ0) is 20.9. The molecule has 0 saturated carbocycles. The van der Waals surface area contributed by atoms with Crippen LogP contribution in [0, 0.1) is 6.92 Å². The fourth-order valence-electron chi connectivity index (χ4n) is 2.98. The van der Waals surface area contributed by atoms with Crippen molar-refractivity contribution < 1.29 is 9.53 Å². The van der Waals surface area contributed by atoms with Crippen LogP contribution >= 0.6 is 0 Å². The number of aryl methyl sites for hydroxylation is 2. The van der Waals surface area contributed by atoms with Gasteiger partial charge in [-0.05, 0) is 48.9 Å². The molecule has 0 aliphatic carbocycles. The average Bonchev–Trinajstić information content (AvgIpc) is 2.76. The van der Waals surface area contributed by atoms with E-state index in [2.05, 4.69) is 20.3 Å². The molecule has 0 aliphatic heterocycles. The quantitative estimate of drug-likeness (QED) is 0.532. The number of carbonyl (C=O) groups is 1. The molecule has 1 N–H and O–H groups in total. The second-order valence-corrected chi connectivity index (χ2v) is 6.67. The number of ether oxygens (including phenoxy) is 1. The first-order chi connectivity index (χ1) is 14.6. The third-order valence-corrected chi connectivity index (χ3v) is 4.53. The molecule has 2 aromatic heterocycles. The van der Waals surface area contributed by atoms with E-state index < -0.39 is 0 Å². The second-order valence-electron chi connectivity index (χ2n) is 6.67. The first-order valence-corrected chi connectivity index (χ1v) is 9.40. The number of para-hydroxylation sites is 1. The molecular weight excluding hydrogens is 382 g/mol. The second kappa shape index (κ2) is 8.52. The molecule has 8 heteroatoms. The van der Waals surface area contributed by atoms with E-state index in [1.54, 1.807) is 54.9 Å². The van der Waals surface area contributed by atoms with Crippen LogP contribution in [0.25, 0.3) is 10.9 Å². The fraction of sp³-hybridized carbons (Fsp3) is 0.136. The minimum absolute atomic E-state index is 0.148. The Morgan fingerprint density at radius 2 is 1.87 bits per heavy atom. The van der Waals surface area contributed by atoms with E-state index in [0.29, 0.717) is 22.3 Å². The summed E-state index contributed by atoms with van der Waals surface area (Å²) in [6, 6.07) is 14.4. The lowest BCUT2D eigenvalue weighted by Crippen LogP contribution is -2.23. The van der Waals surface area contributed by atoms with Crippen molar-refractivity contribution in [1.82, 2.24) is 19.5 Å². The predicted octanol–water partition coefficient (Wildman–Crippen LogP) is 3.32. The van der Waals surface area contributed by atoms with E-state index in [9.17, 15) is 9.59 Å². The van der Waals surface area contributed by atoms with E-state index in [1.807, 2.05) is 13.0 Å².